The number of carboxylic acid groups (broad SMARTS) is 2. The maximum absolute atomic E-state index is 12.1. The molecular formula is C18H22N2O5S. The van der Waals surface area contributed by atoms with E-state index >= 15 is 0 Å². The Hall–Kier alpha value is -2.19. The van der Waals surface area contributed by atoms with Crippen LogP contribution in [0.5, 0.6) is 5.75 Å². The highest BCUT2D eigenvalue weighted by Gasteiger charge is 2.31. The van der Waals surface area contributed by atoms with Gasteiger partial charge in [-0.2, -0.15) is 11.8 Å². The lowest BCUT2D eigenvalue weighted by Gasteiger charge is -2.31. The van der Waals surface area contributed by atoms with E-state index in [1.54, 1.807) is 19.4 Å². The summed E-state index contributed by atoms with van der Waals surface area (Å²) in [6, 6.07) is 4.73. The lowest BCUT2D eigenvalue weighted by Crippen LogP contribution is -2.39. The van der Waals surface area contributed by atoms with Crippen LogP contribution >= 0.6 is 11.8 Å². The number of aryl methyl sites for hydroxylation is 1. The summed E-state index contributed by atoms with van der Waals surface area (Å²) >= 11 is 1.82. The zero-order valence-corrected chi connectivity index (χ0v) is 15.4. The first-order valence-corrected chi connectivity index (χ1v) is 9.60. The number of rotatable bonds is 7. The Kier molecular flexibility index (Phi) is 5.73. The SMILES string of the molecule is COc1ccc2c(c1)c(C(C(=O)O)N1CCSCC1)cn2CCC(=O)O. The number of carbonyl (C=O) groups is 2. The zero-order chi connectivity index (χ0) is 18.7. The predicted octanol–water partition coefficient (Wildman–Crippen LogP) is 2.30. The van der Waals surface area contributed by atoms with E-state index in [1.807, 2.05) is 33.4 Å². The standard InChI is InChI=1S/C18H22N2O5S/c1-25-12-2-3-15-13(10-12)14(11-20(15)5-4-16(21)22)17(18(23)24)19-6-8-26-9-7-19/h2-3,10-11,17H,4-9H2,1H3,(H,21,22)(H,23,24). The number of ether oxygens (including phenoxy) is 1. The van der Waals surface area contributed by atoms with Crippen molar-refractivity contribution < 1.29 is 24.5 Å². The summed E-state index contributed by atoms with van der Waals surface area (Å²) in [5.74, 6) is 0.685. The minimum atomic E-state index is -0.892. The van der Waals surface area contributed by atoms with E-state index in [0.717, 1.165) is 22.4 Å². The second kappa shape index (κ2) is 8.01. The van der Waals surface area contributed by atoms with Crippen molar-refractivity contribution in [2.45, 2.75) is 19.0 Å². The zero-order valence-electron chi connectivity index (χ0n) is 14.6. The second-order valence-electron chi connectivity index (χ2n) is 6.19. The molecule has 0 spiro atoms. The highest BCUT2D eigenvalue weighted by molar-refractivity contribution is 7.99. The van der Waals surface area contributed by atoms with E-state index < -0.39 is 18.0 Å². The van der Waals surface area contributed by atoms with Crippen LogP contribution in [-0.2, 0) is 16.1 Å². The fourth-order valence-electron chi connectivity index (χ4n) is 3.37. The molecule has 3 rings (SSSR count). The van der Waals surface area contributed by atoms with Crippen LogP contribution in [0.3, 0.4) is 0 Å². The predicted molar refractivity (Wildman–Crippen MR) is 100 cm³/mol. The molecular weight excluding hydrogens is 356 g/mol. The molecule has 1 saturated heterocycles. The van der Waals surface area contributed by atoms with Gasteiger partial charge in [-0.15, -0.1) is 0 Å². The third-order valence-electron chi connectivity index (χ3n) is 4.62. The Labute approximate surface area is 155 Å². The van der Waals surface area contributed by atoms with Crippen molar-refractivity contribution in [3.8, 4) is 5.75 Å². The largest absolute Gasteiger partial charge is 0.497 e. The molecule has 0 bridgehead atoms. The summed E-state index contributed by atoms with van der Waals surface area (Å²) in [4.78, 5) is 25.0. The average molecular weight is 378 g/mol. The molecule has 2 heterocycles. The number of carboxylic acids is 2. The van der Waals surface area contributed by atoms with Crippen molar-refractivity contribution in [3.63, 3.8) is 0 Å². The maximum Gasteiger partial charge on any atom is 0.325 e. The average Bonchev–Trinajstić information content (AvgIpc) is 2.98. The third kappa shape index (κ3) is 3.81. The topological polar surface area (TPSA) is 92.0 Å². The van der Waals surface area contributed by atoms with Crippen molar-refractivity contribution >= 4 is 34.6 Å². The summed E-state index contributed by atoms with van der Waals surface area (Å²) in [5.41, 5.74) is 1.50. The quantitative estimate of drug-likeness (QED) is 0.764. The molecule has 1 atom stereocenters. The van der Waals surface area contributed by atoms with Gasteiger partial charge in [0.05, 0.1) is 13.5 Å². The highest BCUT2D eigenvalue weighted by Crippen LogP contribution is 2.34. The number of nitrogens with zero attached hydrogens (tertiary/aromatic N) is 2. The molecule has 0 saturated carbocycles. The first kappa shape index (κ1) is 18.6. The van der Waals surface area contributed by atoms with E-state index in [-0.39, 0.29) is 6.42 Å². The normalized spacial score (nSPS) is 16.5. The first-order valence-electron chi connectivity index (χ1n) is 8.44. The molecule has 1 fully saturated rings. The molecule has 1 aliphatic heterocycles. The van der Waals surface area contributed by atoms with Crippen molar-refractivity contribution in [3.05, 3.63) is 30.0 Å². The molecule has 1 aliphatic rings. The second-order valence-corrected chi connectivity index (χ2v) is 7.42. The first-order chi connectivity index (χ1) is 12.5. The Morgan fingerprint density at radius 1 is 1.27 bits per heavy atom. The van der Waals surface area contributed by atoms with Gasteiger partial charge >= 0.3 is 11.9 Å². The summed E-state index contributed by atoms with van der Waals surface area (Å²) in [7, 11) is 1.57. The molecule has 2 aromatic rings. The number of thioether (sulfide) groups is 1. The molecule has 1 unspecified atom stereocenters. The van der Waals surface area contributed by atoms with Crippen molar-refractivity contribution in [1.29, 1.82) is 0 Å². The molecule has 0 radical (unpaired) electrons. The van der Waals surface area contributed by atoms with E-state index in [2.05, 4.69) is 0 Å². The van der Waals surface area contributed by atoms with Gasteiger partial charge in [0.2, 0.25) is 0 Å². The van der Waals surface area contributed by atoms with E-state index in [1.165, 1.54) is 0 Å². The van der Waals surface area contributed by atoms with Gasteiger partial charge in [0.15, 0.2) is 0 Å². The number of hydrogen-bond donors (Lipinski definition) is 2. The van der Waals surface area contributed by atoms with Crippen LogP contribution in [0.25, 0.3) is 10.9 Å². The van der Waals surface area contributed by atoms with E-state index in [9.17, 15) is 14.7 Å². The molecule has 7 nitrogen and oxygen atoms in total. The van der Waals surface area contributed by atoms with Gasteiger partial charge in [-0.25, -0.2) is 0 Å². The molecule has 1 aromatic heterocycles. The maximum atomic E-state index is 12.1. The molecule has 0 aliphatic carbocycles. The van der Waals surface area contributed by atoms with Crippen molar-refractivity contribution in [2.75, 3.05) is 31.7 Å². The summed E-state index contributed by atoms with van der Waals surface area (Å²) in [6.45, 7) is 1.72. The number of fused-ring (bicyclic) bond motifs is 1. The number of benzene rings is 1. The van der Waals surface area contributed by atoms with Gasteiger partial charge in [-0.05, 0) is 18.2 Å². The van der Waals surface area contributed by atoms with E-state index in [4.69, 9.17) is 9.84 Å². The van der Waals surface area contributed by atoms with Gasteiger partial charge < -0.3 is 19.5 Å². The lowest BCUT2D eigenvalue weighted by atomic mass is 10.0. The van der Waals surface area contributed by atoms with Gasteiger partial charge in [-0.3, -0.25) is 14.5 Å². The van der Waals surface area contributed by atoms with Crippen LogP contribution < -0.4 is 4.74 Å². The van der Waals surface area contributed by atoms with Gasteiger partial charge in [0, 0.05) is 53.8 Å². The van der Waals surface area contributed by atoms with Crippen LogP contribution in [0.15, 0.2) is 24.4 Å². The molecule has 1 aromatic carbocycles. The van der Waals surface area contributed by atoms with Gasteiger partial charge in [0.25, 0.3) is 0 Å². The van der Waals surface area contributed by atoms with Crippen LogP contribution in [0.4, 0.5) is 0 Å². The van der Waals surface area contributed by atoms with Crippen LogP contribution in [-0.4, -0.2) is 63.3 Å². The third-order valence-corrected chi connectivity index (χ3v) is 5.57. The Balaban J connectivity index is 2.08. The number of methoxy groups -OCH3 is 1. The lowest BCUT2D eigenvalue weighted by molar-refractivity contribution is -0.143. The highest BCUT2D eigenvalue weighted by atomic mass is 32.2. The monoisotopic (exact) mass is 378 g/mol. The van der Waals surface area contributed by atoms with Crippen LogP contribution in [0.1, 0.15) is 18.0 Å². The van der Waals surface area contributed by atoms with Crippen LogP contribution in [0.2, 0.25) is 0 Å². The fourth-order valence-corrected chi connectivity index (χ4v) is 4.30. The molecule has 2 N–H and O–H groups in total. The van der Waals surface area contributed by atoms with Crippen molar-refractivity contribution in [2.24, 2.45) is 0 Å². The number of aromatic nitrogens is 1. The minimum Gasteiger partial charge on any atom is -0.497 e. The molecule has 0 amide bonds. The van der Waals surface area contributed by atoms with E-state index in [0.29, 0.717) is 30.9 Å². The Morgan fingerprint density at radius 3 is 2.62 bits per heavy atom. The minimum absolute atomic E-state index is 0.0205. The fraction of sp³-hybridized carbons (Fsp3) is 0.444. The molecule has 140 valence electrons. The number of aliphatic carboxylic acids is 2. The van der Waals surface area contributed by atoms with Crippen molar-refractivity contribution in [1.82, 2.24) is 9.47 Å². The summed E-state index contributed by atoms with van der Waals surface area (Å²) in [5, 5.41) is 19.7. The van der Waals surface area contributed by atoms with Gasteiger partial charge in [-0.1, -0.05) is 0 Å². The summed E-state index contributed by atoms with van der Waals surface area (Å²) in [6.07, 6.45) is 1.76. The Morgan fingerprint density at radius 2 is 2.00 bits per heavy atom. The smallest absolute Gasteiger partial charge is 0.325 e. The molecule has 26 heavy (non-hydrogen) atoms. The van der Waals surface area contributed by atoms with Gasteiger partial charge in [0.1, 0.15) is 11.8 Å². The summed E-state index contributed by atoms with van der Waals surface area (Å²) < 4.78 is 7.13. The Bertz CT molecular complexity index is 813. The number of hydrogen-bond acceptors (Lipinski definition) is 5. The van der Waals surface area contributed by atoms with Crippen LogP contribution in [0, 0.1) is 0 Å². The molecule has 8 heteroatoms.